The van der Waals surface area contributed by atoms with Crippen LogP contribution in [0.1, 0.15) is 24.8 Å². The lowest BCUT2D eigenvalue weighted by molar-refractivity contribution is -0.188. The average molecular weight is 362 g/mol. The molecule has 0 N–H and O–H groups in total. The number of hydrogen-bond acceptors (Lipinski definition) is 4. The van der Waals surface area contributed by atoms with Crippen molar-refractivity contribution in [2.24, 2.45) is 5.92 Å². The molecule has 0 aliphatic carbocycles. The van der Waals surface area contributed by atoms with E-state index in [1.807, 2.05) is 0 Å². The summed E-state index contributed by atoms with van der Waals surface area (Å²) in [6.07, 6.45) is 1.53. The molecule has 3 aliphatic heterocycles. The second-order valence-electron chi connectivity index (χ2n) is 7.20. The zero-order chi connectivity index (χ0) is 18.1. The molecule has 3 saturated heterocycles. The number of nitrogens with zero attached hydrogens (tertiary/aromatic N) is 2. The Balaban J connectivity index is 1.35. The first-order chi connectivity index (χ1) is 12.6. The molecule has 3 heterocycles. The van der Waals surface area contributed by atoms with Gasteiger partial charge in [0.15, 0.2) is 5.79 Å². The van der Waals surface area contributed by atoms with E-state index >= 15 is 0 Å². The van der Waals surface area contributed by atoms with Crippen LogP contribution in [0.3, 0.4) is 0 Å². The minimum Gasteiger partial charge on any atom is -0.347 e. The largest absolute Gasteiger partial charge is 0.347 e. The molecule has 140 valence electrons. The van der Waals surface area contributed by atoms with Crippen LogP contribution in [0.5, 0.6) is 0 Å². The van der Waals surface area contributed by atoms with Gasteiger partial charge in [0, 0.05) is 51.0 Å². The summed E-state index contributed by atoms with van der Waals surface area (Å²) >= 11 is 0. The first-order valence-electron chi connectivity index (χ1n) is 9.14. The van der Waals surface area contributed by atoms with Gasteiger partial charge in [-0.3, -0.25) is 9.59 Å². The fraction of sp³-hybridized carbons (Fsp3) is 0.579. The molecule has 0 radical (unpaired) electrons. The predicted octanol–water partition coefficient (Wildman–Crippen LogP) is 1.54. The summed E-state index contributed by atoms with van der Waals surface area (Å²) in [4.78, 5) is 28.5. The van der Waals surface area contributed by atoms with E-state index in [9.17, 15) is 14.0 Å². The Morgan fingerprint density at radius 1 is 1.19 bits per heavy atom. The lowest BCUT2D eigenvalue weighted by Crippen LogP contribution is -2.49. The molecule has 26 heavy (non-hydrogen) atoms. The van der Waals surface area contributed by atoms with Crippen LogP contribution in [0.25, 0.3) is 0 Å². The molecule has 0 saturated carbocycles. The van der Waals surface area contributed by atoms with Crippen molar-refractivity contribution in [3.05, 3.63) is 35.6 Å². The van der Waals surface area contributed by atoms with Crippen molar-refractivity contribution in [2.45, 2.75) is 31.6 Å². The monoisotopic (exact) mass is 362 g/mol. The van der Waals surface area contributed by atoms with Crippen LogP contribution < -0.4 is 0 Å². The van der Waals surface area contributed by atoms with Crippen LogP contribution >= 0.6 is 0 Å². The summed E-state index contributed by atoms with van der Waals surface area (Å²) in [7, 11) is 0. The van der Waals surface area contributed by atoms with Gasteiger partial charge < -0.3 is 19.3 Å². The SMILES string of the molecule is O=C1CC(C(=O)N2CCC3(CC2)OCCO3)CN1Cc1ccccc1F. The second kappa shape index (κ2) is 6.96. The highest BCUT2D eigenvalue weighted by Gasteiger charge is 2.43. The molecule has 1 aromatic rings. The number of piperidine rings is 1. The minimum atomic E-state index is -0.515. The zero-order valence-corrected chi connectivity index (χ0v) is 14.7. The van der Waals surface area contributed by atoms with Gasteiger partial charge in [0.2, 0.25) is 11.8 Å². The summed E-state index contributed by atoms with van der Waals surface area (Å²) in [5.41, 5.74) is 0.476. The van der Waals surface area contributed by atoms with Gasteiger partial charge in [0.1, 0.15) is 5.82 Å². The fourth-order valence-electron chi connectivity index (χ4n) is 4.03. The Bertz CT molecular complexity index is 695. The maximum atomic E-state index is 13.8. The third-order valence-electron chi connectivity index (χ3n) is 5.53. The number of likely N-dealkylation sites (tertiary alicyclic amines) is 2. The number of ether oxygens (including phenoxy) is 2. The first kappa shape index (κ1) is 17.4. The van der Waals surface area contributed by atoms with Crippen molar-refractivity contribution in [2.75, 3.05) is 32.8 Å². The molecule has 4 rings (SSSR count). The Kier molecular flexibility index (Phi) is 4.67. The van der Waals surface area contributed by atoms with Gasteiger partial charge in [-0.15, -0.1) is 0 Å². The number of benzene rings is 1. The second-order valence-corrected chi connectivity index (χ2v) is 7.20. The van der Waals surface area contributed by atoms with E-state index in [0.29, 0.717) is 51.3 Å². The summed E-state index contributed by atoms with van der Waals surface area (Å²) < 4.78 is 25.2. The molecule has 3 aliphatic rings. The standard InChI is InChI=1S/C19H23FN2O4/c20-16-4-2-1-3-14(16)12-22-13-15(11-17(22)23)18(24)21-7-5-19(6-8-21)25-9-10-26-19/h1-4,15H,5-13H2. The van der Waals surface area contributed by atoms with E-state index in [0.717, 1.165) is 0 Å². The molecule has 1 spiro atoms. The van der Waals surface area contributed by atoms with Crippen molar-refractivity contribution in [1.29, 1.82) is 0 Å². The van der Waals surface area contributed by atoms with Crippen molar-refractivity contribution in [1.82, 2.24) is 9.80 Å². The lowest BCUT2D eigenvalue weighted by atomic mass is 10.0. The molecule has 1 aromatic carbocycles. The van der Waals surface area contributed by atoms with Gasteiger partial charge in [0.05, 0.1) is 19.1 Å². The first-order valence-corrected chi connectivity index (χ1v) is 9.14. The third kappa shape index (κ3) is 3.33. The lowest BCUT2D eigenvalue weighted by Gasteiger charge is -2.38. The molecular weight excluding hydrogens is 339 g/mol. The normalized spacial score (nSPS) is 25.3. The highest BCUT2D eigenvalue weighted by atomic mass is 19.1. The number of halogens is 1. The van der Waals surface area contributed by atoms with Crippen LogP contribution in [0.2, 0.25) is 0 Å². The van der Waals surface area contributed by atoms with E-state index in [4.69, 9.17) is 9.47 Å². The van der Waals surface area contributed by atoms with Crippen molar-refractivity contribution in [3.63, 3.8) is 0 Å². The van der Waals surface area contributed by atoms with Gasteiger partial charge in [-0.25, -0.2) is 4.39 Å². The summed E-state index contributed by atoms with van der Waals surface area (Å²) in [6, 6.07) is 6.43. The predicted molar refractivity (Wildman–Crippen MR) is 90.4 cm³/mol. The molecule has 6 nitrogen and oxygen atoms in total. The highest BCUT2D eigenvalue weighted by Crippen LogP contribution is 2.32. The molecule has 1 unspecified atom stereocenters. The third-order valence-corrected chi connectivity index (χ3v) is 5.53. The highest BCUT2D eigenvalue weighted by molar-refractivity contribution is 5.89. The summed E-state index contributed by atoms with van der Waals surface area (Å²) in [5.74, 6) is -1.29. The van der Waals surface area contributed by atoms with Crippen LogP contribution in [0.15, 0.2) is 24.3 Å². The number of carbonyl (C=O) groups excluding carboxylic acids is 2. The van der Waals surface area contributed by atoms with Crippen LogP contribution in [0.4, 0.5) is 4.39 Å². The van der Waals surface area contributed by atoms with Gasteiger partial charge in [-0.2, -0.15) is 0 Å². The van der Waals surface area contributed by atoms with E-state index < -0.39 is 5.79 Å². The minimum absolute atomic E-state index is 0.00207. The van der Waals surface area contributed by atoms with E-state index in [1.54, 1.807) is 28.0 Å². The quantitative estimate of drug-likeness (QED) is 0.818. The molecule has 0 bridgehead atoms. The Hall–Kier alpha value is -1.99. The number of rotatable bonds is 3. The molecular formula is C19H23FN2O4. The Labute approximate surface area is 151 Å². The molecule has 1 atom stereocenters. The zero-order valence-electron chi connectivity index (χ0n) is 14.7. The molecule has 3 fully saturated rings. The topological polar surface area (TPSA) is 59.1 Å². The van der Waals surface area contributed by atoms with Gasteiger partial charge in [-0.05, 0) is 6.07 Å². The van der Waals surface area contributed by atoms with Crippen LogP contribution in [0, 0.1) is 11.7 Å². The van der Waals surface area contributed by atoms with Crippen molar-refractivity contribution < 1.29 is 23.5 Å². The maximum Gasteiger partial charge on any atom is 0.228 e. The number of amides is 2. The van der Waals surface area contributed by atoms with Gasteiger partial charge in [0.25, 0.3) is 0 Å². The molecule has 2 amide bonds. The van der Waals surface area contributed by atoms with Crippen LogP contribution in [-0.4, -0.2) is 60.2 Å². The molecule has 0 aromatic heterocycles. The average Bonchev–Trinajstić information content (AvgIpc) is 3.24. The van der Waals surface area contributed by atoms with Gasteiger partial charge in [-0.1, -0.05) is 18.2 Å². The number of carbonyl (C=O) groups is 2. The Morgan fingerprint density at radius 3 is 2.58 bits per heavy atom. The summed E-state index contributed by atoms with van der Waals surface area (Å²) in [6.45, 7) is 2.93. The maximum absolute atomic E-state index is 13.8. The Morgan fingerprint density at radius 2 is 1.88 bits per heavy atom. The fourth-order valence-corrected chi connectivity index (χ4v) is 4.03. The summed E-state index contributed by atoms with van der Waals surface area (Å²) in [5, 5.41) is 0. The molecule has 7 heteroatoms. The van der Waals surface area contributed by atoms with Crippen molar-refractivity contribution >= 4 is 11.8 Å². The number of hydrogen-bond donors (Lipinski definition) is 0. The van der Waals surface area contributed by atoms with E-state index in [2.05, 4.69) is 0 Å². The van der Waals surface area contributed by atoms with Gasteiger partial charge >= 0.3 is 0 Å². The van der Waals surface area contributed by atoms with E-state index in [1.165, 1.54) is 6.07 Å². The smallest absolute Gasteiger partial charge is 0.228 e. The van der Waals surface area contributed by atoms with Crippen LogP contribution in [-0.2, 0) is 25.6 Å². The van der Waals surface area contributed by atoms with Crippen molar-refractivity contribution in [3.8, 4) is 0 Å². The van der Waals surface area contributed by atoms with E-state index in [-0.39, 0.29) is 36.5 Å².